The van der Waals surface area contributed by atoms with Gasteiger partial charge in [-0.25, -0.2) is 0 Å². The maximum absolute atomic E-state index is 2.62. The third-order valence-corrected chi connectivity index (χ3v) is 19.7. The Morgan fingerprint density at radius 2 is 0.864 bits per heavy atom. The van der Waals surface area contributed by atoms with Gasteiger partial charge >= 0.3 is 0 Å². The van der Waals surface area contributed by atoms with Crippen molar-refractivity contribution in [2.75, 3.05) is 4.90 Å². The predicted molar refractivity (Wildman–Crippen MR) is 339 cm³/mol. The molecule has 0 saturated heterocycles. The van der Waals surface area contributed by atoms with E-state index in [1.165, 1.54) is 136 Å². The van der Waals surface area contributed by atoms with Gasteiger partial charge in [0.2, 0.25) is 0 Å². The summed E-state index contributed by atoms with van der Waals surface area (Å²) >= 11 is 1.89. The van der Waals surface area contributed by atoms with E-state index in [4.69, 9.17) is 0 Å². The van der Waals surface area contributed by atoms with Crippen LogP contribution in [0.5, 0.6) is 0 Å². The van der Waals surface area contributed by atoms with Gasteiger partial charge in [0.05, 0.1) is 38.9 Å². The Labute approximate surface area is 473 Å². The molecule has 2 aliphatic carbocycles. The van der Waals surface area contributed by atoms with Gasteiger partial charge < -0.3 is 9.47 Å². The number of hydrogen-bond acceptors (Lipinski definition) is 2. The van der Waals surface area contributed by atoms with Crippen LogP contribution in [0.3, 0.4) is 0 Å². The highest BCUT2D eigenvalue weighted by atomic mass is 32.1. The first-order valence-corrected chi connectivity index (χ1v) is 29.0. The van der Waals surface area contributed by atoms with Crippen molar-refractivity contribution < 1.29 is 0 Å². The average Bonchev–Trinajstić information content (AvgIpc) is 4.03. The molecule has 18 rings (SSSR count). The summed E-state index contributed by atoms with van der Waals surface area (Å²) in [6.07, 6.45) is 0. The van der Waals surface area contributed by atoms with E-state index in [0.717, 1.165) is 17.1 Å². The molecule has 2 nitrogen and oxygen atoms in total. The van der Waals surface area contributed by atoms with Crippen molar-refractivity contribution >= 4 is 81.1 Å². The summed E-state index contributed by atoms with van der Waals surface area (Å²) in [7, 11) is 0. The number of benzene rings is 13. The Kier molecular flexibility index (Phi) is 9.27. The van der Waals surface area contributed by atoms with Crippen molar-refractivity contribution in [1.82, 2.24) is 4.57 Å². The highest BCUT2D eigenvalue weighted by Gasteiger charge is 2.52. The van der Waals surface area contributed by atoms with Crippen LogP contribution in [0.1, 0.15) is 44.5 Å². The van der Waals surface area contributed by atoms with Crippen LogP contribution in [0.4, 0.5) is 17.1 Å². The van der Waals surface area contributed by atoms with E-state index in [1.807, 2.05) is 11.3 Å². The monoisotopic (exact) mass is 1040 g/mol. The topological polar surface area (TPSA) is 8.17 Å². The van der Waals surface area contributed by atoms with Gasteiger partial charge in [0, 0.05) is 47.6 Å². The fourth-order valence-corrected chi connectivity index (χ4v) is 16.7. The molecule has 1 atom stereocenters. The molecular formula is C78H48N2S. The molecular weight excluding hydrogens is 997 g/mol. The number of hydrogen-bond donors (Lipinski definition) is 0. The van der Waals surface area contributed by atoms with Crippen LogP contribution >= 0.6 is 11.3 Å². The van der Waals surface area contributed by atoms with E-state index in [9.17, 15) is 0 Å². The first kappa shape index (κ1) is 44.9. The Bertz CT molecular complexity index is 5080. The molecule has 0 radical (unpaired) electrons. The highest BCUT2D eigenvalue weighted by molar-refractivity contribution is 7.26. The van der Waals surface area contributed by atoms with Gasteiger partial charge in [0.1, 0.15) is 0 Å². The molecule has 0 N–H and O–H groups in total. The lowest BCUT2D eigenvalue weighted by Crippen LogP contribution is -2.33. The zero-order valence-corrected chi connectivity index (χ0v) is 44.8. The number of fused-ring (bicyclic) bond motifs is 20. The Balaban J connectivity index is 0.959. The minimum absolute atomic E-state index is 0.621. The Morgan fingerprint density at radius 3 is 1.64 bits per heavy atom. The second-order valence-corrected chi connectivity index (χ2v) is 23.2. The summed E-state index contributed by atoms with van der Waals surface area (Å²) in [5.41, 5.74) is 23.6. The van der Waals surface area contributed by atoms with Gasteiger partial charge in [-0.2, -0.15) is 0 Å². The quantitative estimate of drug-likeness (QED) is 0.161. The number of nitrogens with zero attached hydrogens (tertiary/aromatic N) is 2. The molecule has 0 saturated carbocycles. The molecule has 3 heterocycles. The third-order valence-electron chi connectivity index (χ3n) is 18.5. The zero-order valence-electron chi connectivity index (χ0n) is 44.0. The van der Waals surface area contributed by atoms with Crippen LogP contribution in [0.25, 0.3) is 91.8 Å². The van der Waals surface area contributed by atoms with Crippen molar-refractivity contribution in [3.8, 4) is 39.1 Å². The normalized spacial score (nSPS) is 15.1. The van der Waals surface area contributed by atoms with Gasteiger partial charge in [-0.3, -0.25) is 0 Å². The fourth-order valence-electron chi connectivity index (χ4n) is 15.4. The lowest BCUT2D eigenvalue weighted by molar-refractivity contribution is 0.748. The summed E-state index contributed by atoms with van der Waals surface area (Å²) in [5.74, 6) is 0. The lowest BCUT2D eigenvalue weighted by Gasteiger charge is -2.40. The minimum atomic E-state index is -0.627. The largest absolute Gasteiger partial charge is 0.309 e. The molecule has 15 aromatic rings. The van der Waals surface area contributed by atoms with Crippen LogP contribution in [0, 0.1) is 0 Å². The summed E-state index contributed by atoms with van der Waals surface area (Å²) in [6.45, 7) is 0. The van der Waals surface area contributed by atoms with Crippen LogP contribution in [-0.2, 0) is 10.8 Å². The van der Waals surface area contributed by atoms with Gasteiger partial charge in [-0.1, -0.05) is 249 Å². The summed E-state index contributed by atoms with van der Waals surface area (Å²) in [6, 6.07) is 110. The maximum Gasteiger partial charge on any atom is 0.0755 e. The summed E-state index contributed by atoms with van der Waals surface area (Å²) in [5, 5.41) is 7.58. The van der Waals surface area contributed by atoms with Gasteiger partial charge in [0.15, 0.2) is 0 Å². The zero-order chi connectivity index (χ0) is 53.0. The average molecular weight is 1050 g/mol. The fraction of sp³-hybridized carbons (Fsp3) is 0.0256. The number of para-hydroxylation sites is 3. The smallest absolute Gasteiger partial charge is 0.0755 e. The molecule has 81 heavy (non-hydrogen) atoms. The predicted octanol–water partition coefficient (Wildman–Crippen LogP) is 20.5. The molecule has 0 amide bonds. The van der Waals surface area contributed by atoms with Crippen LogP contribution in [0.15, 0.2) is 291 Å². The van der Waals surface area contributed by atoms with Crippen molar-refractivity contribution in [1.29, 1.82) is 0 Å². The van der Waals surface area contributed by atoms with Crippen molar-refractivity contribution in [2.45, 2.75) is 10.8 Å². The number of aromatic nitrogens is 1. The van der Waals surface area contributed by atoms with Crippen LogP contribution in [0.2, 0.25) is 0 Å². The molecule has 1 spiro atoms. The molecule has 0 fully saturated rings. The standard InChI is InChI=1S/C78H48N2S/c1-3-22-50(23-4-1)77(51-24-5-2-6-25-51)62-35-13-9-30-60(62)73-57-29-8-7-26-54(57)71(48-67(73)77)79(52-46-44-49(45-47-52)53-32-19-34-59-56-28-12-18-43-72(56)81-76(53)59)70-42-21-38-65-74(70)61-31-10-14-36-63(61)78(65)64-37-15-17-41-69(64)80-68-40-16-11-27-55(68)58-33-20-39-66(78)75(58)80/h1-48H. The van der Waals surface area contributed by atoms with Crippen molar-refractivity contribution in [2.24, 2.45) is 0 Å². The molecule has 0 bridgehead atoms. The van der Waals surface area contributed by atoms with E-state index in [1.54, 1.807) is 0 Å². The lowest BCUT2D eigenvalue weighted by atomic mass is 9.65. The third kappa shape index (κ3) is 5.80. The second-order valence-electron chi connectivity index (χ2n) is 22.1. The Hall–Kier alpha value is -10.1. The number of thiophene rings is 1. The SMILES string of the molecule is c1ccc(C2(c3ccccc3)c3ccccc3-c3c2cc(N(c2ccc(-c4cccc5c4sc4ccccc45)cc2)c2cccc4c2-c2ccccc2C42c4ccccc4-n4c5ccccc5c5cccc2c54)c2ccccc32)cc1. The molecule has 2 aromatic heterocycles. The first-order valence-electron chi connectivity index (χ1n) is 28.2. The van der Waals surface area contributed by atoms with Crippen molar-refractivity contribution in [3.05, 3.63) is 336 Å². The molecule has 3 heteroatoms. The van der Waals surface area contributed by atoms with E-state index < -0.39 is 10.8 Å². The number of anilines is 3. The molecule has 3 aliphatic rings. The molecule has 1 unspecified atom stereocenters. The van der Waals surface area contributed by atoms with Crippen LogP contribution < -0.4 is 4.90 Å². The van der Waals surface area contributed by atoms with Crippen molar-refractivity contribution in [3.63, 3.8) is 0 Å². The van der Waals surface area contributed by atoms with E-state index in [2.05, 4.69) is 301 Å². The highest BCUT2D eigenvalue weighted by Crippen LogP contribution is 2.65. The maximum atomic E-state index is 2.62. The summed E-state index contributed by atoms with van der Waals surface area (Å²) < 4.78 is 5.17. The van der Waals surface area contributed by atoms with E-state index in [0.29, 0.717) is 0 Å². The first-order chi connectivity index (χ1) is 40.2. The van der Waals surface area contributed by atoms with Crippen LogP contribution in [-0.4, -0.2) is 4.57 Å². The minimum Gasteiger partial charge on any atom is -0.309 e. The van der Waals surface area contributed by atoms with E-state index in [-0.39, 0.29) is 0 Å². The molecule has 1 aliphatic heterocycles. The van der Waals surface area contributed by atoms with Gasteiger partial charge in [-0.05, 0) is 120 Å². The second kappa shape index (κ2) is 16.7. The Morgan fingerprint density at radius 1 is 0.321 bits per heavy atom. The molecule has 13 aromatic carbocycles. The van der Waals surface area contributed by atoms with Gasteiger partial charge in [0.25, 0.3) is 0 Å². The molecule has 376 valence electrons. The summed E-state index contributed by atoms with van der Waals surface area (Å²) in [4.78, 5) is 2.62. The number of rotatable bonds is 6. The van der Waals surface area contributed by atoms with Gasteiger partial charge in [-0.15, -0.1) is 11.3 Å². The van der Waals surface area contributed by atoms with E-state index >= 15 is 0 Å².